The fourth-order valence-corrected chi connectivity index (χ4v) is 4.07. The summed E-state index contributed by atoms with van der Waals surface area (Å²) < 4.78 is 8.40. The highest BCUT2D eigenvalue weighted by Gasteiger charge is 2.21. The summed E-state index contributed by atoms with van der Waals surface area (Å²) in [6.07, 6.45) is 0. The first-order chi connectivity index (χ1) is 9.97. The maximum atomic E-state index is 6.20. The highest BCUT2D eigenvalue weighted by atomic mass is 79.9. The van der Waals surface area contributed by atoms with Crippen molar-refractivity contribution >= 4 is 59.4 Å². The molecule has 0 amide bonds. The molecule has 0 aromatic heterocycles. The van der Waals surface area contributed by atoms with Gasteiger partial charge in [0.25, 0.3) is 0 Å². The first-order valence-electron chi connectivity index (χ1n) is 6.13. The Balaban J connectivity index is 2.64. The third-order valence-electron chi connectivity index (χ3n) is 3.11. The van der Waals surface area contributed by atoms with Gasteiger partial charge in [0, 0.05) is 19.5 Å². The molecule has 0 bridgehead atoms. The van der Waals surface area contributed by atoms with Crippen LogP contribution in [0.15, 0.2) is 43.7 Å². The molecule has 2 aromatic carbocycles. The van der Waals surface area contributed by atoms with Crippen molar-refractivity contribution in [3.8, 4) is 5.75 Å². The van der Waals surface area contributed by atoms with E-state index >= 15 is 0 Å². The summed E-state index contributed by atoms with van der Waals surface area (Å²) in [6, 6.07) is 9.76. The van der Waals surface area contributed by atoms with E-state index < -0.39 is 0 Å². The third-order valence-corrected chi connectivity index (χ3v) is 5.13. The summed E-state index contributed by atoms with van der Waals surface area (Å²) in [7, 11) is 3.56. The molecule has 2 rings (SSSR count). The fraction of sp³-hybridized carbons (Fsp3) is 0.200. The van der Waals surface area contributed by atoms with E-state index in [1.165, 1.54) is 0 Å². The summed E-state index contributed by atoms with van der Waals surface area (Å²) in [5.74, 6) is 0.769. The molecule has 112 valence electrons. The van der Waals surface area contributed by atoms with Crippen LogP contribution in [0.25, 0.3) is 0 Å². The lowest BCUT2D eigenvalue weighted by Gasteiger charge is -2.22. The van der Waals surface area contributed by atoms with Crippen LogP contribution in [-0.4, -0.2) is 14.2 Å². The summed E-state index contributed by atoms with van der Waals surface area (Å²) in [5.41, 5.74) is 2.07. The first kappa shape index (κ1) is 17.3. The molecule has 0 saturated heterocycles. The van der Waals surface area contributed by atoms with Crippen LogP contribution in [0.3, 0.4) is 0 Å². The van der Waals surface area contributed by atoms with Crippen molar-refractivity contribution in [2.45, 2.75) is 6.04 Å². The average molecular weight is 498 g/mol. The minimum absolute atomic E-state index is 0.0539. The number of rotatable bonds is 4. The van der Waals surface area contributed by atoms with Gasteiger partial charge in [0.15, 0.2) is 0 Å². The fourth-order valence-electron chi connectivity index (χ4n) is 2.22. The number of ether oxygens (including phenoxy) is 1. The number of halogens is 4. The van der Waals surface area contributed by atoms with Crippen molar-refractivity contribution in [1.82, 2.24) is 5.32 Å². The Kier molecular flexibility index (Phi) is 6.15. The van der Waals surface area contributed by atoms with E-state index in [0.717, 1.165) is 30.3 Å². The molecule has 0 fully saturated rings. The van der Waals surface area contributed by atoms with Gasteiger partial charge in [-0.05, 0) is 58.9 Å². The van der Waals surface area contributed by atoms with Gasteiger partial charge in [-0.2, -0.15) is 0 Å². The second-order valence-corrected chi connectivity index (χ2v) is 7.46. The summed E-state index contributed by atoms with van der Waals surface area (Å²) in [4.78, 5) is 0. The van der Waals surface area contributed by atoms with E-state index in [1.807, 2.05) is 31.3 Å². The van der Waals surface area contributed by atoms with Crippen molar-refractivity contribution in [1.29, 1.82) is 0 Å². The van der Waals surface area contributed by atoms with Crippen LogP contribution in [0, 0.1) is 0 Å². The zero-order valence-corrected chi connectivity index (χ0v) is 16.9. The Morgan fingerprint density at radius 2 is 1.76 bits per heavy atom. The van der Waals surface area contributed by atoms with Crippen molar-refractivity contribution in [2.75, 3.05) is 14.2 Å². The van der Waals surface area contributed by atoms with Crippen LogP contribution in [0.1, 0.15) is 17.2 Å². The monoisotopic (exact) mass is 495 g/mol. The Morgan fingerprint density at radius 3 is 2.38 bits per heavy atom. The van der Waals surface area contributed by atoms with Gasteiger partial charge in [-0.1, -0.05) is 43.5 Å². The third kappa shape index (κ3) is 3.82. The number of hydrogen-bond acceptors (Lipinski definition) is 2. The van der Waals surface area contributed by atoms with Gasteiger partial charge < -0.3 is 10.1 Å². The molecule has 0 saturated carbocycles. The van der Waals surface area contributed by atoms with E-state index in [0.29, 0.717) is 5.02 Å². The Hall–Kier alpha value is -0.0700. The molecule has 1 N–H and O–H groups in total. The van der Waals surface area contributed by atoms with Gasteiger partial charge in [-0.3, -0.25) is 0 Å². The van der Waals surface area contributed by atoms with Gasteiger partial charge in [-0.15, -0.1) is 0 Å². The predicted octanol–water partition coefficient (Wildman–Crippen LogP) is 5.94. The van der Waals surface area contributed by atoms with Crippen molar-refractivity contribution in [3.05, 3.63) is 59.9 Å². The van der Waals surface area contributed by atoms with E-state index in [-0.39, 0.29) is 6.04 Å². The Labute approximate surface area is 154 Å². The van der Waals surface area contributed by atoms with Gasteiger partial charge >= 0.3 is 0 Å². The lowest BCUT2D eigenvalue weighted by atomic mass is 9.98. The largest absolute Gasteiger partial charge is 0.495 e. The normalized spacial score (nSPS) is 12.3. The Morgan fingerprint density at radius 1 is 1.05 bits per heavy atom. The second-order valence-electron chi connectivity index (χ2n) is 4.40. The molecule has 0 aliphatic rings. The number of nitrogens with one attached hydrogen (secondary N) is 1. The molecule has 1 unspecified atom stereocenters. The smallest absolute Gasteiger partial charge is 0.138 e. The minimum Gasteiger partial charge on any atom is -0.495 e. The van der Waals surface area contributed by atoms with Gasteiger partial charge in [-0.25, -0.2) is 0 Å². The van der Waals surface area contributed by atoms with E-state index in [1.54, 1.807) is 7.11 Å². The highest BCUT2D eigenvalue weighted by molar-refractivity contribution is 9.11. The molecule has 0 spiro atoms. The van der Waals surface area contributed by atoms with Crippen LogP contribution >= 0.6 is 59.4 Å². The molecule has 6 heteroatoms. The van der Waals surface area contributed by atoms with Gasteiger partial charge in [0.2, 0.25) is 0 Å². The van der Waals surface area contributed by atoms with Crippen LogP contribution < -0.4 is 10.1 Å². The minimum atomic E-state index is -0.0539. The van der Waals surface area contributed by atoms with Crippen molar-refractivity contribution in [2.24, 2.45) is 0 Å². The van der Waals surface area contributed by atoms with E-state index in [2.05, 4.69) is 59.2 Å². The SMILES string of the molecule is CNC(c1cc(Br)ccc1Br)c1cc(Cl)cc(Br)c1OC. The van der Waals surface area contributed by atoms with Crippen LogP contribution in [0.2, 0.25) is 5.02 Å². The topological polar surface area (TPSA) is 21.3 Å². The maximum Gasteiger partial charge on any atom is 0.138 e. The molecule has 0 aliphatic carbocycles. The van der Waals surface area contributed by atoms with E-state index in [4.69, 9.17) is 16.3 Å². The molecule has 0 radical (unpaired) electrons. The lowest BCUT2D eigenvalue weighted by molar-refractivity contribution is 0.402. The summed E-state index contributed by atoms with van der Waals surface area (Å²) in [5, 5.41) is 3.98. The highest BCUT2D eigenvalue weighted by Crippen LogP contribution is 2.40. The lowest BCUT2D eigenvalue weighted by Crippen LogP contribution is -2.19. The molecule has 21 heavy (non-hydrogen) atoms. The van der Waals surface area contributed by atoms with Crippen LogP contribution in [0.5, 0.6) is 5.75 Å². The first-order valence-corrected chi connectivity index (χ1v) is 8.88. The molecular formula is C15H13Br3ClNO. The standard InChI is InChI=1S/C15H13Br3ClNO/c1-20-14(10-5-8(16)3-4-12(10)17)11-6-9(19)7-13(18)15(11)21-2/h3-7,14,20H,1-2H3. The van der Waals surface area contributed by atoms with Crippen LogP contribution in [-0.2, 0) is 0 Å². The Bertz CT molecular complexity index is 664. The number of methoxy groups -OCH3 is 1. The predicted molar refractivity (Wildman–Crippen MR) is 98.4 cm³/mol. The average Bonchev–Trinajstić information content (AvgIpc) is 2.43. The van der Waals surface area contributed by atoms with Gasteiger partial charge in [0.1, 0.15) is 5.75 Å². The second kappa shape index (κ2) is 7.47. The van der Waals surface area contributed by atoms with Crippen molar-refractivity contribution in [3.63, 3.8) is 0 Å². The molecular weight excluding hydrogens is 485 g/mol. The quantitative estimate of drug-likeness (QED) is 0.563. The molecule has 0 heterocycles. The van der Waals surface area contributed by atoms with Crippen molar-refractivity contribution < 1.29 is 4.74 Å². The van der Waals surface area contributed by atoms with E-state index in [9.17, 15) is 0 Å². The van der Waals surface area contributed by atoms with Gasteiger partial charge in [0.05, 0.1) is 17.6 Å². The summed E-state index contributed by atoms with van der Waals surface area (Å²) in [6.45, 7) is 0. The summed E-state index contributed by atoms with van der Waals surface area (Å²) >= 11 is 16.8. The number of benzene rings is 2. The molecule has 2 nitrogen and oxygen atoms in total. The van der Waals surface area contributed by atoms with Crippen LogP contribution in [0.4, 0.5) is 0 Å². The zero-order chi connectivity index (χ0) is 15.6. The molecule has 0 aliphatic heterocycles. The maximum absolute atomic E-state index is 6.20. The molecule has 2 aromatic rings. The molecule has 1 atom stereocenters. The number of hydrogen-bond donors (Lipinski definition) is 1. The zero-order valence-electron chi connectivity index (χ0n) is 11.4.